The second-order valence-corrected chi connectivity index (χ2v) is 17.6. The molecule has 0 radical (unpaired) electrons. The summed E-state index contributed by atoms with van der Waals surface area (Å²) in [7, 11) is -2.89. The number of carbonyl (C=O) groups excluding carboxylic acids is 6. The lowest BCUT2D eigenvalue weighted by Crippen LogP contribution is -2.46. The molecular weight excluding hydrogens is 703 g/mol. The number of carbonyl (C=O) groups is 6. The predicted molar refractivity (Wildman–Crippen MR) is 200 cm³/mol. The fraction of sp³-hybridized carbons (Fsp3) is 0.824. The molecule has 2 aliphatic rings. The number of rotatable bonds is 7. The van der Waals surface area contributed by atoms with Crippen molar-refractivity contribution in [2.45, 2.75) is 159 Å². The molecule has 0 atom stereocenters. The molecule has 2 saturated heterocycles. The van der Waals surface area contributed by atoms with E-state index < -0.39 is 20.0 Å². The highest BCUT2D eigenvalue weighted by atomic mass is 32.2. The van der Waals surface area contributed by atoms with Crippen LogP contribution in [0.25, 0.3) is 0 Å². The van der Waals surface area contributed by atoms with E-state index in [1.807, 2.05) is 55.4 Å². The number of hydrogen-bond acceptors (Lipinski definition) is 10. The quantitative estimate of drug-likeness (QED) is 0.346. The molecule has 6 amide bonds. The van der Waals surface area contributed by atoms with Crippen molar-refractivity contribution in [3.8, 4) is 0 Å². The van der Waals surface area contributed by atoms with Gasteiger partial charge in [-0.1, -0.05) is 6.92 Å². The molecule has 51 heavy (non-hydrogen) atoms. The van der Waals surface area contributed by atoms with Crippen LogP contribution in [0.2, 0.25) is 0 Å². The van der Waals surface area contributed by atoms with Crippen LogP contribution >= 0.6 is 0 Å². The number of hydrogen-bond donors (Lipinski definition) is 0. The fourth-order valence-corrected chi connectivity index (χ4v) is 6.99. The summed E-state index contributed by atoms with van der Waals surface area (Å²) in [6, 6.07) is 0.130. The van der Waals surface area contributed by atoms with Gasteiger partial charge in [0.2, 0.25) is 55.5 Å². The molecule has 0 aromatic heterocycles. The molecule has 0 N–H and O–H groups in total. The normalized spacial score (nSPS) is 15.7. The van der Waals surface area contributed by atoms with Crippen LogP contribution < -0.4 is 0 Å². The largest absolute Gasteiger partial charge is 0.344 e. The van der Waals surface area contributed by atoms with Crippen LogP contribution in [-0.2, 0) is 48.8 Å². The van der Waals surface area contributed by atoms with Crippen molar-refractivity contribution >= 4 is 55.5 Å². The van der Waals surface area contributed by atoms with Gasteiger partial charge in [0.1, 0.15) is 0 Å². The van der Waals surface area contributed by atoms with Crippen LogP contribution in [0.4, 0.5) is 0 Å². The molecular formula is C34H67N5O10S2. The zero-order chi connectivity index (χ0) is 41.2. The highest BCUT2D eigenvalue weighted by Gasteiger charge is 2.33. The molecule has 300 valence electrons. The molecule has 2 aliphatic heterocycles. The van der Waals surface area contributed by atoms with E-state index in [2.05, 4.69) is 0 Å². The summed E-state index contributed by atoms with van der Waals surface area (Å²) in [5, 5.41) is 0. The van der Waals surface area contributed by atoms with Gasteiger partial charge in [0.15, 0.2) is 0 Å². The van der Waals surface area contributed by atoms with Crippen LogP contribution in [-0.4, -0.2) is 132 Å². The van der Waals surface area contributed by atoms with E-state index in [0.29, 0.717) is 38.1 Å². The van der Waals surface area contributed by atoms with Gasteiger partial charge < -0.3 is 4.90 Å². The number of nitrogens with zero attached hydrogens (tertiary/aromatic N) is 5. The minimum atomic E-state index is -3.29. The SMILES string of the molecule is CC(=O)N(C)C(C)C.CC(C)N(C)S(C)(=O)=O.CC(C)N1C(=O)CCCC1=O.CC(C)N1C(=O)CCCS1(=O)=O.CCC(=O)N(C(C)=O)C(C)C. The highest BCUT2D eigenvalue weighted by Crippen LogP contribution is 2.18. The minimum Gasteiger partial charge on any atom is -0.344 e. The van der Waals surface area contributed by atoms with Gasteiger partial charge >= 0.3 is 0 Å². The summed E-state index contributed by atoms with van der Waals surface area (Å²) in [5.74, 6) is -0.347. The summed E-state index contributed by atoms with van der Waals surface area (Å²) in [4.78, 5) is 70.3. The van der Waals surface area contributed by atoms with Crippen LogP contribution in [0.15, 0.2) is 0 Å². The third-order valence-electron chi connectivity index (χ3n) is 7.59. The maximum atomic E-state index is 11.3. The molecule has 2 fully saturated rings. The van der Waals surface area contributed by atoms with E-state index in [1.165, 1.54) is 27.3 Å². The summed E-state index contributed by atoms with van der Waals surface area (Å²) in [5.41, 5.74) is 0. The minimum absolute atomic E-state index is 0.0174. The maximum Gasteiger partial charge on any atom is 0.237 e. The second kappa shape index (κ2) is 24.3. The van der Waals surface area contributed by atoms with Crippen molar-refractivity contribution in [2.24, 2.45) is 0 Å². The van der Waals surface area contributed by atoms with Gasteiger partial charge in [0.05, 0.1) is 12.0 Å². The Morgan fingerprint density at radius 1 is 0.706 bits per heavy atom. The Balaban J connectivity index is -0.000000569. The fourth-order valence-electron chi connectivity index (χ4n) is 4.47. The zero-order valence-electron chi connectivity index (χ0n) is 34.0. The maximum absolute atomic E-state index is 11.3. The first-order chi connectivity index (χ1) is 23.0. The molecule has 2 rings (SSSR count). The third kappa shape index (κ3) is 20.6. The Morgan fingerprint density at radius 2 is 1.14 bits per heavy atom. The summed E-state index contributed by atoms with van der Waals surface area (Å²) < 4.78 is 46.4. The standard InChI is InChI=1S/C8H13NO2.C8H15NO2.C7H13NO3S.C6H13NO.C5H13NO2S/c1-6(2)9-7(10)4-3-5-8(9)11;1-5-8(11)9(6(2)3)7(4)10;1-6(2)8-7(9)4-3-5-12(8,10)11;1-5(2)7(4)6(3)8;1-5(2)6(3)9(4,7)8/h6H,3-5H2,1-2H3;6H,5H2,1-4H3;6H,3-5H2,1-2H3;5H,1-4H3;5H,1-4H3. The van der Waals surface area contributed by atoms with Crippen molar-refractivity contribution in [1.82, 2.24) is 23.3 Å². The number of imide groups is 2. The Kier molecular flexibility index (Phi) is 25.0. The highest BCUT2D eigenvalue weighted by molar-refractivity contribution is 7.89. The lowest BCUT2D eigenvalue weighted by molar-refractivity contribution is -0.150. The molecule has 0 aromatic rings. The van der Waals surface area contributed by atoms with E-state index in [0.717, 1.165) is 10.7 Å². The van der Waals surface area contributed by atoms with E-state index in [4.69, 9.17) is 0 Å². The van der Waals surface area contributed by atoms with Crippen molar-refractivity contribution in [1.29, 1.82) is 0 Å². The van der Waals surface area contributed by atoms with E-state index in [1.54, 1.807) is 46.7 Å². The van der Waals surface area contributed by atoms with Gasteiger partial charge in [0, 0.05) is 83.8 Å². The number of sulfonamides is 2. The van der Waals surface area contributed by atoms with Crippen molar-refractivity contribution < 1.29 is 45.6 Å². The van der Waals surface area contributed by atoms with Gasteiger partial charge in [0.25, 0.3) is 0 Å². The van der Waals surface area contributed by atoms with Gasteiger partial charge in [-0.25, -0.2) is 25.4 Å². The Hall–Kier alpha value is -2.92. The molecule has 2 heterocycles. The molecule has 17 heteroatoms. The molecule has 0 aliphatic carbocycles. The Bertz CT molecular complexity index is 1330. The van der Waals surface area contributed by atoms with Crippen molar-refractivity contribution in [3.05, 3.63) is 0 Å². The van der Waals surface area contributed by atoms with Gasteiger partial charge in [-0.05, 0) is 82.1 Å². The van der Waals surface area contributed by atoms with E-state index >= 15 is 0 Å². The third-order valence-corrected chi connectivity index (χ3v) is 11.1. The first kappa shape index (κ1) is 52.4. The predicted octanol–water partition coefficient (Wildman–Crippen LogP) is 3.62. The Morgan fingerprint density at radius 3 is 1.29 bits per heavy atom. The summed E-state index contributed by atoms with van der Waals surface area (Å²) in [6.07, 6.45) is 4.20. The van der Waals surface area contributed by atoms with Gasteiger partial charge in [-0.2, -0.15) is 0 Å². The molecule has 15 nitrogen and oxygen atoms in total. The molecule has 0 aromatic carbocycles. The lowest BCUT2D eigenvalue weighted by atomic mass is 10.1. The monoisotopic (exact) mass is 769 g/mol. The first-order valence-electron chi connectivity index (χ1n) is 17.4. The van der Waals surface area contributed by atoms with E-state index in [-0.39, 0.29) is 65.4 Å². The topological polar surface area (TPSA) is 187 Å². The average Bonchev–Trinajstić information content (AvgIpc) is 2.95. The molecule has 0 spiro atoms. The van der Waals surface area contributed by atoms with Crippen molar-refractivity contribution in [3.63, 3.8) is 0 Å². The zero-order valence-corrected chi connectivity index (χ0v) is 35.6. The Labute approximate surface area is 308 Å². The molecule has 0 bridgehead atoms. The second-order valence-electron chi connectivity index (χ2n) is 13.6. The number of amides is 6. The van der Waals surface area contributed by atoms with Crippen LogP contribution in [0, 0.1) is 0 Å². The lowest BCUT2D eigenvalue weighted by Gasteiger charge is -2.29. The van der Waals surface area contributed by atoms with Crippen LogP contribution in [0.5, 0.6) is 0 Å². The average molecular weight is 770 g/mol. The molecule has 0 saturated carbocycles. The van der Waals surface area contributed by atoms with E-state index in [9.17, 15) is 45.6 Å². The van der Waals surface area contributed by atoms with Crippen molar-refractivity contribution in [2.75, 3.05) is 26.1 Å². The number of piperidine rings is 1. The summed E-state index contributed by atoms with van der Waals surface area (Å²) >= 11 is 0. The summed E-state index contributed by atoms with van der Waals surface area (Å²) in [6.45, 7) is 23.2. The number of likely N-dealkylation sites (tertiary alicyclic amines) is 1. The van der Waals surface area contributed by atoms with Crippen LogP contribution in [0.1, 0.15) is 129 Å². The smallest absolute Gasteiger partial charge is 0.237 e. The molecule has 0 unspecified atom stereocenters. The first-order valence-corrected chi connectivity index (χ1v) is 20.8. The van der Waals surface area contributed by atoms with Gasteiger partial charge in [-0.3, -0.25) is 38.6 Å². The van der Waals surface area contributed by atoms with Gasteiger partial charge in [-0.15, -0.1) is 0 Å². The van der Waals surface area contributed by atoms with Crippen LogP contribution in [0.3, 0.4) is 0 Å².